The Morgan fingerprint density at radius 2 is 1.93 bits per heavy atom. The highest BCUT2D eigenvalue weighted by molar-refractivity contribution is 7.91. The highest BCUT2D eigenvalue weighted by Crippen LogP contribution is 2.54. The second-order valence-electron chi connectivity index (χ2n) is 10.3. The zero-order valence-electron chi connectivity index (χ0n) is 21.6. The van der Waals surface area contributed by atoms with Crippen molar-refractivity contribution in [3.05, 3.63) is 70.2 Å². The molecule has 3 heterocycles. The summed E-state index contributed by atoms with van der Waals surface area (Å²) < 4.78 is 97.3. The number of hydrogen-bond acceptors (Lipinski definition) is 7. The third kappa shape index (κ3) is 5.42. The lowest BCUT2D eigenvalue weighted by Gasteiger charge is -2.40. The van der Waals surface area contributed by atoms with Gasteiger partial charge in [0.2, 0.25) is 5.91 Å². The lowest BCUT2D eigenvalue weighted by molar-refractivity contribution is -0.153. The Morgan fingerprint density at radius 3 is 2.56 bits per heavy atom. The monoisotopic (exact) mass is 598 g/mol. The molecule has 2 N–H and O–H groups in total. The number of halogens is 5. The third-order valence-corrected chi connectivity index (χ3v) is 7.75. The molecule has 1 fully saturated rings. The summed E-state index contributed by atoms with van der Waals surface area (Å²) in [5.74, 6) is -6.63. The van der Waals surface area contributed by atoms with Crippen LogP contribution in [-0.4, -0.2) is 61.6 Å². The first-order valence-corrected chi connectivity index (χ1v) is 14.3. The fourth-order valence-electron chi connectivity index (χ4n) is 5.28. The number of aromatic nitrogens is 1. The number of fused-ring (bicyclic) bond motifs is 3. The Morgan fingerprint density at radius 1 is 1.20 bits per heavy atom. The zero-order chi connectivity index (χ0) is 30.0. The van der Waals surface area contributed by atoms with E-state index in [4.69, 9.17) is 4.74 Å². The molecule has 1 saturated heterocycles. The molecular formula is C26H23F5N4O5S. The minimum absolute atomic E-state index is 0.000527. The smallest absolute Gasteiger partial charge is 0.422 e. The van der Waals surface area contributed by atoms with Crippen LogP contribution in [0.2, 0.25) is 0 Å². The number of nitrogens with zero attached hydrogens (tertiary/aromatic N) is 2. The lowest BCUT2D eigenvalue weighted by atomic mass is 9.78. The largest absolute Gasteiger partial charge is 0.484 e. The van der Waals surface area contributed by atoms with Crippen molar-refractivity contribution < 1.29 is 44.7 Å². The van der Waals surface area contributed by atoms with Gasteiger partial charge >= 0.3 is 6.18 Å². The van der Waals surface area contributed by atoms with Crippen LogP contribution in [0, 0.1) is 6.92 Å². The molecule has 0 bridgehead atoms. The van der Waals surface area contributed by atoms with Gasteiger partial charge in [0.15, 0.2) is 16.4 Å². The predicted molar refractivity (Wildman–Crippen MR) is 135 cm³/mol. The van der Waals surface area contributed by atoms with Crippen LogP contribution in [0.1, 0.15) is 34.8 Å². The van der Waals surface area contributed by atoms with Gasteiger partial charge in [-0.25, -0.2) is 17.2 Å². The molecule has 1 aliphatic carbocycles. The quantitative estimate of drug-likeness (QED) is 0.493. The van der Waals surface area contributed by atoms with Gasteiger partial charge in [-0.3, -0.25) is 19.6 Å². The summed E-state index contributed by atoms with van der Waals surface area (Å²) in [4.78, 5) is 34.8. The third-order valence-electron chi connectivity index (χ3n) is 6.96. The molecule has 2 atom stereocenters. The van der Waals surface area contributed by atoms with E-state index in [1.54, 1.807) is 19.1 Å². The minimum atomic E-state index is -4.62. The van der Waals surface area contributed by atoms with Gasteiger partial charge in [-0.15, -0.1) is 0 Å². The van der Waals surface area contributed by atoms with Gasteiger partial charge in [0.1, 0.15) is 23.1 Å². The molecule has 1 unspecified atom stereocenters. The summed E-state index contributed by atoms with van der Waals surface area (Å²) in [6.07, 6.45) is -3.64. The molecule has 218 valence electrons. The number of nitrogens with one attached hydrogen (secondary N) is 2. The van der Waals surface area contributed by atoms with Crippen LogP contribution in [0.3, 0.4) is 0 Å². The molecule has 2 aromatic rings. The van der Waals surface area contributed by atoms with E-state index in [0.29, 0.717) is 0 Å². The molecule has 15 heteroatoms. The maximum atomic E-state index is 15.7. The molecule has 2 aliphatic heterocycles. The Labute approximate surface area is 230 Å². The van der Waals surface area contributed by atoms with E-state index < -0.39 is 70.5 Å². The first kappa shape index (κ1) is 28.6. The van der Waals surface area contributed by atoms with Crippen molar-refractivity contribution in [1.82, 2.24) is 15.6 Å². The predicted octanol–water partition coefficient (Wildman–Crippen LogP) is 2.85. The molecule has 1 spiro atoms. The van der Waals surface area contributed by atoms with E-state index in [-0.39, 0.29) is 39.6 Å². The van der Waals surface area contributed by atoms with Gasteiger partial charge in [-0.1, -0.05) is 12.1 Å². The summed E-state index contributed by atoms with van der Waals surface area (Å²) in [5, 5.41) is 4.81. The SMILES string of the molecule is Cc1ccc(C2N=C3C[C@]4(NC(=O)C3=C2NC(=O)CS(C)(=O)=O)c2ccc(OCC(F)(F)F)cc2CC4(F)F)nc1. The van der Waals surface area contributed by atoms with E-state index in [1.165, 1.54) is 12.3 Å². The van der Waals surface area contributed by atoms with Gasteiger partial charge in [0.25, 0.3) is 11.8 Å². The summed E-state index contributed by atoms with van der Waals surface area (Å²) in [6.45, 7) is 0.179. The summed E-state index contributed by atoms with van der Waals surface area (Å²) in [5.41, 5.74) is -1.52. The summed E-state index contributed by atoms with van der Waals surface area (Å²) >= 11 is 0. The van der Waals surface area contributed by atoms with Crippen molar-refractivity contribution >= 4 is 27.4 Å². The van der Waals surface area contributed by atoms with Crippen molar-refractivity contribution in [2.45, 2.75) is 43.4 Å². The molecule has 1 aromatic carbocycles. The number of aliphatic imine (C=N–C) groups is 1. The number of pyridine rings is 1. The molecule has 0 radical (unpaired) electrons. The standard InChI is InChI=1S/C26H23F5N4O5S/c1-13-3-6-17(32-10-13)21-22(34-19(36)11-41(2,38)39)20-18(33-21)9-24(35-23(20)37)16-5-4-15(40-12-26(29,30)31)7-14(16)8-25(24,27)28/h3-7,10,21H,8-9,11-12H2,1-2H3,(H,34,36)(H,35,37)/t21?,24-/m0/s1. The topological polar surface area (TPSA) is 127 Å². The zero-order valence-corrected chi connectivity index (χ0v) is 22.4. The van der Waals surface area contributed by atoms with E-state index in [9.17, 15) is 31.2 Å². The van der Waals surface area contributed by atoms with Gasteiger partial charge in [-0.05, 0) is 41.8 Å². The maximum absolute atomic E-state index is 15.7. The van der Waals surface area contributed by atoms with Crippen LogP contribution in [0.15, 0.2) is 52.8 Å². The number of alkyl halides is 5. The molecule has 41 heavy (non-hydrogen) atoms. The van der Waals surface area contributed by atoms with E-state index in [2.05, 4.69) is 20.6 Å². The molecule has 0 saturated carbocycles. The van der Waals surface area contributed by atoms with Crippen molar-refractivity contribution in [1.29, 1.82) is 0 Å². The Balaban J connectivity index is 1.55. The van der Waals surface area contributed by atoms with Crippen molar-refractivity contribution in [3.63, 3.8) is 0 Å². The van der Waals surface area contributed by atoms with E-state index in [0.717, 1.165) is 24.0 Å². The molecular weight excluding hydrogens is 575 g/mol. The van der Waals surface area contributed by atoms with Crippen LogP contribution in [0.25, 0.3) is 0 Å². The lowest BCUT2D eigenvalue weighted by Crippen LogP contribution is -2.60. The minimum Gasteiger partial charge on any atom is -0.484 e. The van der Waals surface area contributed by atoms with E-state index in [1.807, 2.05) is 0 Å². The number of ether oxygens (including phenoxy) is 1. The van der Waals surface area contributed by atoms with Gasteiger partial charge in [0, 0.05) is 25.3 Å². The highest BCUT2D eigenvalue weighted by atomic mass is 32.2. The maximum Gasteiger partial charge on any atom is 0.422 e. The number of carbonyl (C=O) groups is 2. The van der Waals surface area contributed by atoms with E-state index >= 15 is 8.78 Å². The number of rotatable bonds is 6. The Hall–Kier alpha value is -3.88. The molecule has 2 amide bonds. The molecule has 9 nitrogen and oxygen atoms in total. The average molecular weight is 599 g/mol. The normalized spacial score (nSPS) is 23.1. The average Bonchev–Trinajstić information content (AvgIpc) is 3.28. The fourth-order valence-corrected chi connectivity index (χ4v) is 5.83. The molecule has 1 aromatic heterocycles. The number of amides is 2. The highest BCUT2D eigenvalue weighted by Gasteiger charge is 2.64. The Kier molecular flexibility index (Phi) is 6.71. The second kappa shape index (κ2) is 9.60. The van der Waals surface area contributed by atoms with Gasteiger partial charge in [-0.2, -0.15) is 13.2 Å². The van der Waals surface area contributed by atoms with Crippen LogP contribution in [0.5, 0.6) is 5.75 Å². The van der Waals surface area contributed by atoms with Crippen LogP contribution in [0.4, 0.5) is 22.0 Å². The number of hydrogen-bond donors (Lipinski definition) is 2. The number of sulfone groups is 1. The Bertz CT molecular complexity index is 1620. The summed E-state index contributed by atoms with van der Waals surface area (Å²) in [6, 6.07) is 5.61. The van der Waals surface area contributed by atoms with Crippen LogP contribution >= 0.6 is 0 Å². The second-order valence-corrected chi connectivity index (χ2v) is 12.4. The first-order chi connectivity index (χ1) is 19.0. The fraction of sp³-hybridized carbons (Fsp3) is 0.385. The number of benzene rings is 1. The molecule has 5 rings (SSSR count). The summed E-state index contributed by atoms with van der Waals surface area (Å²) in [7, 11) is -3.74. The van der Waals surface area contributed by atoms with Crippen molar-refractivity contribution in [3.8, 4) is 5.75 Å². The van der Waals surface area contributed by atoms with Crippen LogP contribution < -0.4 is 15.4 Å². The molecule has 3 aliphatic rings. The first-order valence-electron chi connectivity index (χ1n) is 12.2. The number of piperidine rings is 1. The number of aryl methyl sites for hydroxylation is 1. The van der Waals surface area contributed by atoms with Gasteiger partial charge in [0.05, 0.1) is 22.7 Å². The van der Waals surface area contributed by atoms with Crippen molar-refractivity contribution in [2.75, 3.05) is 18.6 Å². The van der Waals surface area contributed by atoms with Gasteiger partial charge < -0.3 is 15.4 Å². The van der Waals surface area contributed by atoms with Crippen LogP contribution in [-0.2, 0) is 31.4 Å². The number of carbonyl (C=O) groups excluding carboxylic acids is 2. The van der Waals surface area contributed by atoms with Crippen molar-refractivity contribution in [2.24, 2.45) is 4.99 Å².